The molecule has 0 N–H and O–H groups in total. The van der Waals surface area contributed by atoms with E-state index in [0.717, 1.165) is 0 Å². The van der Waals surface area contributed by atoms with Crippen LogP contribution in [0.4, 0.5) is 0 Å². The maximum absolute atomic E-state index is 6.08. The molecule has 4 aromatic carbocycles. The van der Waals surface area contributed by atoms with E-state index in [4.69, 9.17) is 158 Å². The Morgan fingerprint density at radius 1 is 0.275 bits per heavy atom. The van der Waals surface area contributed by atoms with Crippen LogP contribution < -0.4 is 18.9 Å². The Bertz CT molecular complexity index is 1620. The van der Waals surface area contributed by atoms with Crippen molar-refractivity contribution in [2.45, 2.75) is 0 Å². The third-order valence-corrected chi connectivity index (χ3v) is 10.2. The molecule has 0 aromatic heterocycles. The maximum Gasteiger partial charge on any atom is 0.190 e. The van der Waals surface area contributed by atoms with Crippen LogP contribution in [0, 0.1) is 0 Å². The van der Waals surface area contributed by atoms with Crippen LogP contribution in [-0.4, -0.2) is 0 Å². The van der Waals surface area contributed by atoms with E-state index in [-0.39, 0.29) is 94.8 Å². The number of halogens is 12. The van der Waals surface area contributed by atoms with E-state index < -0.39 is 0 Å². The lowest BCUT2D eigenvalue weighted by Crippen LogP contribution is -2.01. The Labute approximate surface area is 286 Å². The first-order chi connectivity index (χ1) is 18.8. The lowest BCUT2D eigenvalue weighted by Gasteiger charge is -2.23. The Morgan fingerprint density at radius 2 is 0.500 bits per heavy atom. The fourth-order valence-corrected chi connectivity index (χ4v) is 5.81. The lowest BCUT2D eigenvalue weighted by molar-refractivity contribution is 0.360. The van der Waals surface area contributed by atoms with Gasteiger partial charge in [0.15, 0.2) is 46.0 Å². The second kappa shape index (κ2) is 11.9. The number of hydrogen-bond acceptors (Lipinski definition) is 4. The third-order valence-electron chi connectivity index (χ3n) is 5.18. The third kappa shape index (κ3) is 5.50. The Hall–Kier alpha value is -0.440. The second-order valence-corrected chi connectivity index (χ2v) is 12.3. The lowest BCUT2D eigenvalue weighted by atomic mass is 10.2. The number of ether oxygens (including phenoxy) is 4. The monoisotopic (exact) mass is 776 g/mol. The quantitative estimate of drug-likeness (QED) is 0.144. The molecule has 0 unspecified atom stereocenters. The summed E-state index contributed by atoms with van der Waals surface area (Å²) >= 11 is 71.9. The van der Waals surface area contributed by atoms with Crippen molar-refractivity contribution in [1.29, 1.82) is 0 Å². The van der Waals surface area contributed by atoms with E-state index in [0.29, 0.717) is 11.5 Å². The van der Waals surface area contributed by atoms with Crippen molar-refractivity contribution in [1.82, 2.24) is 0 Å². The van der Waals surface area contributed by atoms with Gasteiger partial charge < -0.3 is 18.9 Å². The number of benzene rings is 4. The topological polar surface area (TPSA) is 36.9 Å². The van der Waals surface area contributed by atoms with Gasteiger partial charge in [0.2, 0.25) is 0 Å². The maximum atomic E-state index is 6.08. The molecule has 0 spiro atoms. The largest absolute Gasteiger partial charge is 0.449 e. The molecule has 4 nitrogen and oxygen atoms in total. The molecule has 2 aliphatic rings. The van der Waals surface area contributed by atoms with E-state index in [1.165, 1.54) is 24.3 Å². The fourth-order valence-electron chi connectivity index (χ4n) is 3.35. The molecule has 0 amide bonds. The van der Waals surface area contributed by atoms with Crippen molar-refractivity contribution in [3.8, 4) is 46.0 Å². The minimum absolute atomic E-state index is 0.127. The molecule has 0 saturated carbocycles. The van der Waals surface area contributed by atoms with Gasteiger partial charge in [0.05, 0.1) is 40.2 Å². The first-order valence-electron chi connectivity index (χ1n) is 10.2. The van der Waals surface area contributed by atoms with Crippen LogP contribution in [0.25, 0.3) is 0 Å². The molecule has 0 radical (unpaired) electrons. The van der Waals surface area contributed by atoms with Crippen LogP contribution >= 0.6 is 139 Å². The zero-order chi connectivity index (χ0) is 29.2. The highest BCUT2D eigenvalue weighted by Gasteiger charge is 2.30. The molecule has 16 heteroatoms. The average Bonchev–Trinajstić information content (AvgIpc) is 2.92. The van der Waals surface area contributed by atoms with Gasteiger partial charge in [-0.25, -0.2) is 0 Å². The SMILES string of the molecule is Clc1cc2c(c(Cl)c1Cl)Oc1c(cc(Cl)c(Cl)c1Cl)O2.Clc1cc2c(c(Cl)c1Cl)Oc1cc(Cl)c(Cl)c(Cl)c1O2. The van der Waals surface area contributed by atoms with E-state index >= 15 is 0 Å². The summed E-state index contributed by atoms with van der Waals surface area (Å²) in [4.78, 5) is 0. The molecular weight excluding hydrogens is 778 g/mol. The number of fused-ring (bicyclic) bond motifs is 4. The van der Waals surface area contributed by atoms with Crippen LogP contribution in [0.1, 0.15) is 0 Å². The molecule has 6 rings (SSSR count). The van der Waals surface area contributed by atoms with Crippen LogP contribution in [0.2, 0.25) is 60.3 Å². The van der Waals surface area contributed by atoms with Crippen molar-refractivity contribution in [3.63, 3.8) is 0 Å². The zero-order valence-electron chi connectivity index (χ0n) is 18.5. The van der Waals surface area contributed by atoms with Crippen LogP contribution in [0.5, 0.6) is 46.0 Å². The standard InChI is InChI=1S/2C12H2Cl6O2/c13-3-1-5-11(9(17)7(3)15)20-6-2-4(14)8(16)10(18)12(6)19-5;13-3-1-5-11(9(17)7(3)15)20-12-6(19-5)2-4(14)8(16)10(12)18/h2*1-2H. The Kier molecular flexibility index (Phi) is 9.24. The number of hydrogen-bond donors (Lipinski definition) is 0. The zero-order valence-corrected chi connectivity index (χ0v) is 27.5. The van der Waals surface area contributed by atoms with Gasteiger partial charge >= 0.3 is 0 Å². The molecule has 0 bridgehead atoms. The summed E-state index contributed by atoms with van der Waals surface area (Å²) in [6.45, 7) is 0. The van der Waals surface area contributed by atoms with Crippen LogP contribution in [-0.2, 0) is 0 Å². The molecule has 4 aromatic rings. The first kappa shape index (κ1) is 31.0. The van der Waals surface area contributed by atoms with Crippen molar-refractivity contribution >= 4 is 139 Å². The smallest absolute Gasteiger partial charge is 0.190 e. The van der Waals surface area contributed by atoms with E-state index in [1.54, 1.807) is 0 Å². The van der Waals surface area contributed by atoms with Gasteiger partial charge in [-0.1, -0.05) is 139 Å². The van der Waals surface area contributed by atoms with Crippen molar-refractivity contribution in [2.24, 2.45) is 0 Å². The summed E-state index contributed by atoms with van der Waals surface area (Å²) in [5, 5.41) is 2.16. The molecular formula is C24H4Cl12O4. The molecule has 0 fully saturated rings. The van der Waals surface area contributed by atoms with Crippen molar-refractivity contribution < 1.29 is 18.9 Å². The highest BCUT2D eigenvalue weighted by atomic mass is 35.5. The van der Waals surface area contributed by atoms with E-state index in [1.807, 2.05) is 0 Å². The van der Waals surface area contributed by atoms with E-state index in [2.05, 4.69) is 0 Å². The number of rotatable bonds is 0. The highest BCUT2D eigenvalue weighted by Crippen LogP contribution is 2.58. The minimum atomic E-state index is 0.127. The van der Waals surface area contributed by atoms with Gasteiger partial charge in [0.25, 0.3) is 0 Å². The van der Waals surface area contributed by atoms with E-state index in [9.17, 15) is 0 Å². The van der Waals surface area contributed by atoms with Crippen LogP contribution in [0.15, 0.2) is 24.3 Å². The van der Waals surface area contributed by atoms with Gasteiger partial charge in [-0.05, 0) is 0 Å². The van der Waals surface area contributed by atoms with Crippen LogP contribution in [0.3, 0.4) is 0 Å². The summed E-state index contributed by atoms with van der Waals surface area (Å²) in [6.07, 6.45) is 0. The fraction of sp³-hybridized carbons (Fsp3) is 0. The van der Waals surface area contributed by atoms with Crippen molar-refractivity contribution in [3.05, 3.63) is 84.5 Å². The molecule has 0 atom stereocenters. The summed E-state index contributed by atoms with van der Waals surface area (Å²) < 4.78 is 22.5. The van der Waals surface area contributed by atoms with Gasteiger partial charge in [0, 0.05) is 24.3 Å². The first-order valence-corrected chi connectivity index (χ1v) is 14.7. The van der Waals surface area contributed by atoms with Crippen molar-refractivity contribution in [2.75, 3.05) is 0 Å². The summed E-state index contributed by atoms with van der Waals surface area (Å²) in [5.74, 6) is 2.11. The Balaban J connectivity index is 0.000000161. The molecule has 0 saturated heterocycles. The second-order valence-electron chi connectivity index (χ2n) is 7.66. The average molecular weight is 782 g/mol. The molecule has 208 valence electrons. The molecule has 2 heterocycles. The Morgan fingerprint density at radius 3 is 0.775 bits per heavy atom. The molecule has 2 aliphatic heterocycles. The summed E-state index contributed by atoms with van der Waals surface area (Å²) in [6, 6.07) is 5.94. The normalized spacial score (nSPS) is 12.3. The predicted octanol–water partition coefficient (Wildman–Crippen LogP) is 15.0. The minimum Gasteiger partial charge on any atom is -0.449 e. The summed E-state index contributed by atoms with van der Waals surface area (Å²) in [7, 11) is 0. The van der Waals surface area contributed by atoms with Gasteiger partial charge in [0.1, 0.15) is 20.1 Å². The molecule has 0 aliphatic carbocycles. The highest BCUT2D eigenvalue weighted by molar-refractivity contribution is 6.51. The predicted molar refractivity (Wildman–Crippen MR) is 166 cm³/mol. The summed E-state index contributed by atoms with van der Waals surface area (Å²) in [5.41, 5.74) is 0. The van der Waals surface area contributed by atoms with Gasteiger partial charge in [-0.2, -0.15) is 0 Å². The molecule has 40 heavy (non-hydrogen) atoms. The van der Waals surface area contributed by atoms with Gasteiger partial charge in [-0.15, -0.1) is 0 Å². The van der Waals surface area contributed by atoms with Gasteiger partial charge in [-0.3, -0.25) is 0 Å².